The first-order chi connectivity index (χ1) is 13.7. The molecule has 0 unspecified atom stereocenters. The van der Waals surface area contributed by atoms with Gasteiger partial charge in [-0.15, -0.1) is 0 Å². The lowest BCUT2D eigenvalue weighted by Crippen LogP contribution is -2.37. The molecule has 1 aliphatic heterocycles. The minimum Gasteiger partial charge on any atom is -0.322 e. The van der Waals surface area contributed by atoms with E-state index in [1.165, 1.54) is 22.5 Å². The van der Waals surface area contributed by atoms with Gasteiger partial charge in [-0.25, -0.2) is 8.42 Å². The Morgan fingerprint density at radius 1 is 1.24 bits per heavy atom. The summed E-state index contributed by atoms with van der Waals surface area (Å²) in [5, 5.41) is 13.8. The number of amides is 1. The molecule has 0 radical (unpaired) electrons. The fourth-order valence-corrected chi connectivity index (χ4v) is 5.07. The standard InChI is InChI=1S/C20H23N3O5S/c1-3-11-29(27,28)22-10-4-5-15-12-17(8-9-18(15)22)21-20(24)16-7-6-14(2)19(13-16)23(25)26/h6-9,12-13H,3-5,10-11H2,1-2H3,(H,21,24). The minimum absolute atomic E-state index is 0.0944. The summed E-state index contributed by atoms with van der Waals surface area (Å²) in [4.78, 5) is 23.1. The molecule has 0 fully saturated rings. The molecule has 0 saturated heterocycles. The zero-order valence-electron chi connectivity index (χ0n) is 16.3. The van der Waals surface area contributed by atoms with Gasteiger partial charge in [-0.1, -0.05) is 13.0 Å². The second-order valence-corrected chi connectivity index (χ2v) is 9.06. The van der Waals surface area contributed by atoms with Crippen molar-refractivity contribution < 1.29 is 18.1 Å². The summed E-state index contributed by atoms with van der Waals surface area (Å²) < 4.78 is 26.5. The predicted octanol–water partition coefficient (Wildman–Crippen LogP) is 3.65. The maximum Gasteiger partial charge on any atom is 0.273 e. The lowest BCUT2D eigenvalue weighted by atomic mass is 10.0. The first-order valence-corrected chi connectivity index (χ1v) is 11.0. The van der Waals surface area contributed by atoms with Gasteiger partial charge in [0.2, 0.25) is 10.0 Å². The smallest absolute Gasteiger partial charge is 0.273 e. The largest absolute Gasteiger partial charge is 0.322 e. The number of fused-ring (bicyclic) bond motifs is 1. The molecule has 29 heavy (non-hydrogen) atoms. The van der Waals surface area contributed by atoms with Crippen molar-refractivity contribution in [3.05, 3.63) is 63.2 Å². The van der Waals surface area contributed by atoms with Crippen LogP contribution in [0.3, 0.4) is 0 Å². The van der Waals surface area contributed by atoms with Crippen LogP contribution >= 0.6 is 0 Å². The van der Waals surface area contributed by atoms with E-state index in [4.69, 9.17) is 0 Å². The third kappa shape index (κ3) is 4.40. The fraction of sp³-hybridized carbons (Fsp3) is 0.350. The van der Waals surface area contributed by atoms with Crippen molar-refractivity contribution in [2.45, 2.75) is 33.1 Å². The fourth-order valence-electron chi connectivity index (χ4n) is 3.45. The molecule has 1 amide bonds. The second kappa shape index (κ2) is 8.20. The van der Waals surface area contributed by atoms with E-state index in [-0.39, 0.29) is 17.0 Å². The number of sulfonamides is 1. The number of hydrogen-bond donors (Lipinski definition) is 1. The quantitative estimate of drug-likeness (QED) is 0.570. The molecule has 1 aliphatic rings. The SMILES string of the molecule is CCCS(=O)(=O)N1CCCc2cc(NC(=O)c3ccc(C)c([N+](=O)[O-])c3)ccc21. The highest BCUT2D eigenvalue weighted by Gasteiger charge is 2.27. The van der Waals surface area contributed by atoms with Crippen LogP contribution in [0.1, 0.15) is 41.3 Å². The van der Waals surface area contributed by atoms with Crippen molar-refractivity contribution in [2.24, 2.45) is 0 Å². The van der Waals surface area contributed by atoms with Crippen LogP contribution < -0.4 is 9.62 Å². The van der Waals surface area contributed by atoms with Gasteiger partial charge in [0, 0.05) is 29.4 Å². The number of nitrogens with zero attached hydrogens (tertiary/aromatic N) is 2. The van der Waals surface area contributed by atoms with Gasteiger partial charge in [0.15, 0.2) is 0 Å². The first kappa shape index (κ1) is 20.8. The average Bonchev–Trinajstić information content (AvgIpc) is 2.67. The van der Waals surface area contributed by atoms with E-state index >= 15 is 0 Å². The van der Waals surface area contributed by atoms with Gasteiger partial charge in [-0.3, -0.25) is 19.2 Å². The maximum absolute atomic E-state index is 12.5. The zero-order chi connectivity index (χ0) is 21.2. The van der Waals surface area contributed by atoms with E-state index in [1.807, 2.05) is 6.92 Å². The van der Waals surface area contributed by atoms with Gasteiger partial charge in [-0.2, -0.15) is 0 Å². The molecule has 1 N–H and O–H groups in total. The van der Waals surface area contributed by atoms with Crippen LogP contribution in [-0.2, 0) is 16.4 Å². The number of aryl methyl sites for hydroxylation is 2. The third-order valence-corrected chi connectivity index (χ3v) is 6.85. The predicted molar refractivity (Wildman–Crippen MR) is 112 cm³/mol. The van der Waals surface area contributed by atoms with E-state index in [9.17, 15) is 23.3 Å². The lowest BCUT2D eigenvalue weighted by Gasteiger charge is -2.30. The average molecular weight is 417 g/mol. The lowest BCUT2D eigenvalue weighted by molar-refractivity contribution is -0.385. The monoisotopic (exact) mass is 417 g/mol. The highest BCUT2D eigenvalue weighted by Crippen LogP contribution is 2.32. The van der Waals surface area contributed by atoms with Crippen LogP contribution in [0.2, 0.25) is 0 Å². The van der Waals surface area contributed by atoms with Crippen LogP contribution in [0.25, 0.3) is 0 Å². The number of carbonyl (C=O) groups excluding carboxylic acids is 1. The van der Waals surface area contributed by atoms with Crippen LogP contribution in [0.15, 0.2) is 36.4 Å². The molecule has 8 nitrogen and oxygen atoms in total. The number of nitro benzene ring substituents is 1. The highest BCUT2D eigenvalue weighted by molar-refractivity contribution is 7.92. The van der Waals surface area contributed by atoms with Crippen LogP contribution in [0.4, 0.5) is 17.1 Å². The van der Waals surface area contributed by atoms with Gasteiger partial charge in [0.05, 0.1) is 16.4 Å². The normalized spacial score (nSPS) is 13.7. The van der Waals surface area contributed by atoms with Gasteiger partial charge < -0.3 is 5.32 Å². The number of anilines is 2. The molecule has 154 valence electrons. The zero-order valence-corrected chi connectivity index (χ0v) is 17.2. The molecule has 0 aliphatic carbocycles. The molecule has 0 spiro atoms. The summed E-state index contributed by atoms with van der Waals surface area (Å²) in [5.41, 5.74) is 2.57. The van der Waals surface area contributed by atoms with Crippen molar-refractivity contribution >= 4 is 33.0 Å². The Bertz CT molecular complexity index is 1070. The van der Waals surface area contributed by atoms with Crippen molar-refractivity contribution in [2.75, 3.05) is 21.9 Å². The molecule has 2 aromatic carbocycles. The number of hydrogen-bond acceptors (Lipinski definition) is 5. The summed E-state index contributed by atoms with van der Waals surface area (Å²) in [6, 6.07) is 9.45. The van der Waals surface area contributed by atoms with E-state index in [0.717, 1.165) is 5.56 Å². The molecule has 9 heteroatoms. The molecule has 1 heterocycles. The molecular weight excluding hydrogens is 394 g/mol. The Balaban J connectivity index is 1.84. The number of nitro groups is 1. The molecular formula is C20H23N3O5S. The van der Waals surface area contributed by atoms with Crippen LogP contribution in [0, 0.1) is 17.0 Å². The summed E-state index contributed by atoms with van der Waals surface area (Å²) in [7, 11) is -3.36. The van der Waals surface area contributed by atoms with Crippen molar-refractivity contribution in [1.82, 2.24) is 0 Å². The summed E-state index contributed by atoms with van der Waals surface area (Å²) in [6.07, 6.45) is 1.97. The van der Waals surface area contributed by atoms with Gasteiger partial charge >= 0.3 is 0 Å². The summed E-state index contributed by atoms with van der Waals surface area (Å²) in [5.74, 6) is -0.365. The Labute approximate surface area is 169 Å². The Hall–Kier alpha value is -2.94. The molecule has 3 rings (SSSR count). The molecule has 0 atom stereocenters. The summed E-state index contributed by atoms with van der Waals surface area (Å²) >= 11 is 0. The second-order valence-electron chi connectivity index (χ2n) is 7.05. The number of nitrogens with one attached hydrogen (secondary N) is 1. The number of carbonyl (C=O) groups is 1. The topological polar surface area (TPSA) is 110 Å². The van der Waals surface area contributed by atoms with E-state index in [1.54, 1.807) is 25.1 Å². The van der Waals surface area contributed by atoms with E-state index in [2.05, 4.69) is 5.32 Å². The Morgan fingerprint density at radius 2 is 2.00 bits per heavy atom. The van der Waals surface area contributed by atoms with Gasteiger partial charge in [0.1, 0.15) is 0 Å². The van der Waals surface area contributed by atoms with Gasteiger partial charge in [0.25, 0.3) is 11.6 Å². The van der Waals surface area contributed by atoms with E-state index < -0.39 is 20.9 Å². The molecule has 0 aromatic heterocycles. The van der Waals surface area contributed by atoms with Crippen molar-refractivity contribution in [3.8, 4) is 0 Å². The molecule has 0 bridgehead atoms. The van der Waals surface area contributed by atoms with Crippen LogP contribution in [0.5, 0.6) is 0 Å². The first-order valence-electron chi connectivity index (χ1n) is 9.42. The maximum atomic E-state index is 12.5. The molecule has 0 saturated carbocycles. The number of benzene rings is 2. The van der Waals surface area contributed by atoms with Crippen molar-refractivity contribution in [3.63, 3.8) is 0 Å². The highest BCUT2D eigenvalue weighted by atomic mass is 32.2. The Morgan fingerprint density at radius 3 is 2.69 bits per heavy atom. The number of rotatable bonds is 6. The van der Waals surface area contributed by atoms with E-state index in [0.29, 0.717) is 42.7 Å². The Kier molecular flexibility index (Phi) is 5.88. The van der Waals surface area contributed by atoms with Gasteiger partial charge in [-0.05, 0) is 56.0 Å². The molecule has 2 aromatic rings. The summed E-state index contributed by atoms with van der Waals surface area (Å²) in [6.45, 7) is 3.90. The van der Waals surface area contributed by atoms with Crippen molar-refractivity contribution in [1.29, 1.82) is 0 Å². The third-order valence-electron chi connectivity index (χ3n) is 4.88. The van der Waals surface area contributed by atoms with Crippen LogP contribution in [-0.4, -0.2) is 31.5 Å². The minimum atomic E-state index is -3.36.